The van der Waals surface area contributed by atoms with E-state index in [1.165, 1.54) is 12.7 Å². The number of methoxy groups -OCH3 is 1. The number of nitrogens with one attached hydrogen (secondary N) is 1. The van der Waals surface area contributed by atoms with E-state index in [2.05, 4.69) is 23.5 Å². The van der Waals surface area contributed by atoms with Crippen molar-refractivity contribution >= 4 is 11.7 Å². The van der Waals surface area contributed by atoms with Crippen LogP contribution in [0.5, 0.6) is 0 Å². The Hall–Kier alpha value is -2.75. The molecule has 0 spiro atoms. The van der Waals surface area contributed by atoms with Gasteiger partial charge in [-0.15, -0.1) is 0 Å². The highest BCUT2D eigenvalue weighted by atomic mass is 19.4. The first-order valence-electron chi connectivity index (χ1n) is 14.3. The van der Waals surface area contributed by atoms with Crippen LogP contribution in [-0.2, 0) is 34.8 Å². The van der Waals surface area contributed by atoms with Crippen LogP contribution >= 0.6 is 0 Å². The highest BCUT2D eigenvalue weighted by Crippen LogP contribution is 2.48. The van der Waals surface area contributed by atoms with Gasteiger partial charge in [0.1, 0.15) is 0 Å². The Morgan fingerprint density at radius 3 is 2.29 bits per heavy atom. The predicted molar refractivity (Wildman–Crippen MR) is 143 cm³/mol. The molecule has 1 aliphatic carbocycles. The van der Waals surface area contributed by atoms with E-state index < -0.39 is 23.5 Å². The molecule has 0 amide bonds. The maximum atomic E-state index is 13.6. The molecule has 2 aliphatic heterocycles. The van der Waals surface area contributed by atoms with Crippen molar-refractivity contribution in [2.45, 2.75) is 76.3 Å². The summed E-state index contributed by atoms with van der Waals surface area (Å²) in [6.07, 6.45) is -3.88. The summed E-state index contributed by atoms with van der Waals surface area (Å²) in [5, 5.41) is 3.71. The normalized spacial score (nSPS) is 22.0. The molecule has 5 rings (SSSR count). The molecule has 1 N–H and O–H groups in total. The summed E-state index contributed by atoms with van der Waals surface area (Å²) in [6, 6.07) is 8.33. The standard InChI is InChI=1S/C31H36F6N2O2/c1-18(29(40)41-2)28(21-4-5-21)22-6-3-19-7-10-26(38-27(19)16-22)20-11-13-39(14-12-20)17-23-15-24(30(32,33)34)8-9-25(23)31(35,36)37/h3,6,8-9,15-16,18,20-21,26,28,38H,4-5,7,10-14,17H2,1-2H3/t18-,26?,28-/m0/s1. The molecule has 0 aromatic heterocycles. The quantitative estimate of drug-likeness (QED) is 0.269. The summed E-state index contributed by atoms with van der Waals surface area (Å²) >= 11 is 0. The van der Waals surface area contributed by atoms with E-state index in [0.29, 0.717) is 43.1 Å². The number of hydrogen-bond donors (Lipinski definition) is 1. The van der Waals surface area contributed by atoms with Crippen LogP contribution < -0.4 is 5.32 Å². The summed E-state index contributed by atoms with van der Waals surface area (Å²) in [5.41, 5.74) is 1.02. The van der Waals surface area contributed by atoms with Crippen LogP contribution in [0.15, 0.2) is 36.4 Å². The van der Waals surface area contributed by atoms with Gasteiger partial charge in [0.2, 0.25) is 0 Å². The van der Waals surface area contributed by atoms with Gasteiger partial charge in [0, 0.05) is 18.3 Å². The molecule has 3 atom stereocenters. The average Bonchev–Trinajstić information content (AvgIpc) is 3.77. The van der Waals surface area contributed by atoms with Crippen molar-refractivity contribution in [3.8, 4) is 0 Å². The minimum Gasteiger partial charge on any atom is -0.469 e. The fraction of sp³-hybridized carbons (Fsp3) is 0.581. The molecule has 2 aromatic rings. The van der Waals surface area contributed by atoms with Gasteiger partial charge in [-0.2, -0.15) is 26.3 Å². The molecule has 1 unspecified atom stereocenters. The van der Waals surface area contributed by atoms with E-state index in [-0.39, 0.29) is 36.0 Å². The monoisotopic (exact) mass is 582 g/mol. The molecule has 10 heteroatoms. The zero-order chi connectivity index (χ0) is 29.5. The van der Waals surface area contributed by atoms with Crippen LogP contribution in [0.4, 0.5) is 32.0 Å². The molecule has 0 radical (unpaired) electrons. The van der Waals surface area contributed by atoms with Gasteiger partial charge >= 0.3 is 18.3 Å². The molecular formula is C31H36F6N2O2. The number of alkyl halides is 6. The summed E-state index contributed by atoms with van der Waals surface area (Å²) in [6.45, 7) is 2.79. The third-order valence-electron chi connectivity index (χ3n) is 9.16. The number of piperidine rings is 1. The molecule has 2 aromatic carbocycles. The number of carbonyl (C=O) groups excluding carboxylic acids is 1. The summed E-state index contributed by atoms with van der Waals surface area (Å²) < 4.78 is 85.3. The molecule has 41 heavy (non-hydrogen) atoms. The van der Waals surface area contributed by atoms with Crippen LogP contribution in [0.25, 0.3) is 0 Å². The third kappa shape index (κ3) is 6.68. The van der Waals surface area contributed by atoms with Gasteiger partial charge in [-0.25, -0.2) is 0 Å². The van der Waals surface area contributed by atoms with Crippen molar-refractivity contribution in [2.75, 3.05) is 25.5 Å². The third-order valence-corrected chi connectivity index (χ3v) is 9.16. The van der Waals surface area contributed by atoms with Crippen LogP contribution in [0, 0.1) is 17.8 Å². The van der Waals surface area contributed by atoms with Crippen molar-refractivity contribution in [1.29, 1.82) is 0 Å². The molecule has 224 valence electrons. The summed E-state index contributed by atoms with van der Waals surface area (Å²) in [4.78, 5) is 14.2. The SMILES string of the molecule is COC(=O)[C@@H](C)[C@H](c1ccc2c(c1)NC(C1CCN(Cc3cc(C(F)(F)F)ccc3C(F)(F)F)CC1)CC2)C1CC1. The average molecular weight is 583 g/mol. The molecule has 0 bridgehead atoms. The smallest absolute Gasteiger partial charge is 0.416 e. The van der Waals surface area contributed by atoms with Crippen molar-refractivity contribution in [3.05, 3.63) is 64.2 Å². The molecule has 3 aliphatic rings. The fourth-order valence-electron chi connectivity index (χ4n) is 6.78. The molecular weight excluding hydrogens is 546 g/mol. The number of fused-ring (bicyclic) bond motifs is 1. The highest BCUT2D eigenvalue weighted by molar-refractivity contribution is 5.73. The number of nitrogens with zero attached hydrogens (tertiary/aromatic N) is 1. The van der Waals surface area contributed by atoms with Crippen LogP contribution in [0.3, 0.4) is 0 Å². The number of halogens is 6. The molecule has 2 fully saturated rings. The fourth-order valence-corrected chi connectivity index (χ4v) is 6.78. The lowest BCUT2D eigenvalue weighted by Gasteiger charge is -2.39. The Morgan fingerprint density at radius 2 is 1.68 bits per heavy atom. The van der Waals surface area contributed by atoms with Gasteiger partial charge in [-0.3, -0.25) is 9.69 Å². The van der Waals surface area contributed by atoms with Gasteiger partial charge in [0.25, 0.3) is 0 Å². The topological polar surface area (TPSA) is 41.6 Å². The lowest BCUT2D eigenvalue weighted by Crippen LogP contribution is -2.41. The maximum Gasteiger partial charge on any atom is 0.416 e. The summed E-state index contributed by atoms with van der Waals surface area (Å²) in [5.74, 6) is 0.449. The zero-order valence-corrected chi connectivity index (χ0v) is 23.2. The van der Waals surface area contributed by atoms with Crippen LogP contribution in [0.2, 0.25) is 0 Å². The zero-order valence-electron chi connectivity index (χ0n) is 23.2. The number of esters is 1. The number of aryl methyl sites for hydroxylation is 1. The van der Waals surface area contributed by atoms with E-state index in [0.717, 1.165) is 49.8 Å². The Kier molecular flexibility index (Phi) is 8.34. The lowest BCUT2D eigenvalue weighted by molar-refractivity contribution is -0.145. The maximum absolute atomic E-state index is 13.6. The summed E-state index contributed by atoms with van der Waals surface area (Å²) in [7, 11) is 1.42. The molecule has 1 saturated carbocycles. The van der Waals surface area contributed by atoms with Crippen molar-refractivity contribution in [3.63, 3.8) is 0 Å². The number of anilines is 1. The first-order valence-corrected chi connectivity index (χ1v) is 14.3. The molecule has 2 heterocycles. The number of hydrogen-bond acceptors (Lipinski definition) is 4. The van der Waals surface area contributed by atoms with Crippen molar-refractivity contribution in [1.82, 2.24) is 4.90 Å². The lowest BCUT2D eigenvalue weighted by atomic mass is 9.80. The van der Waals surface area contributed by atoms with Crippen LogP contribution in [0.1, 0.15) is 72.8 Å². The van der Waals surface area contributed by atoms with Gasteiger partial charge in [-0.05, 0) is 110 Å². The minimum atomic E-state index is -4.72. The number of benzene rings is 2. The Labute approximate surface area is 236 Å². The Bertz CT molecular complexity index is 1250. The first-order chi connectivity index (χ1) is 19.3. The second-order valence-corrected chi connectivity index (χ2v) is 11.9. The number of ether oxygens (including phenoxy) is 1. The first kappa shape index (κ1) is 29.7. The predicted octanol–water partition coefficient (Wildman–Crippen LogP) is 7.67. The van der Waals surface area contributed by atoms with Gasteiger partial charge in [0.05, 0.1) is 24.2 Å². The largest absolute Gasteiger partial charge is 0.469 e. The highest BCUT2D eigenvalue weighted by Gasteiger charge is 2.40. The van der Waals surface area contributed by atoms with E-state index in [4.69, 9.17) is 4.74 Å². The van der Waals surface area contributed by atoms with Crippen molar-refractivity contribution in [2.24, 2.45) is 17.8 Å². The van der Waals surface area contributed by atoms with E-state index in [1.54, 1.807) is 0 Å². The second-order valence-electron chi connectivity index (χ2n) is 11.9. The second kappa shape index (κ2) is 11.5. The number of likely N-dealkylation sites (tertiary alicyclic amines) is 1. The van der Waals surface area contributed by atoms with Gasteiger partial charge < -0.3 is 10.1 Å². The Balaban J connectivity index is 1.24. The van der Waals surface area contributed by atoms with E-state index >= 15 is 0 Å². The molecule has 1 saturated heterocycles. The molecule has 4 nitrogen and oxygen atoms in total. The van der Waals surface area contributed by atoms with Crippen LogP contribution in [-0.4, -0.2) is 37.1 Å². The minimum absolute atomic E-state index is 0.107. The van der Waals surface area contributed by atoms with Gasteiger partial charge in [0.15, 0.2) is 0 Å². The van der Waals surface area contributed by atoms with Gasteiger partial charge in [-0.1, -0.05) is 19.1 Å². The van der Waals surface area contributed by atoms with Crippen molar-refractivity contribution < 1.29 is 35.9 Å². The van der Waals surface area contributed by atoms with E-state index in [1.807, 2.05) is 11.8 Å². The Morgan fingerprint density at radius 1 is 0.976 bits per heavy atom. The number of carbonyl (C=O) groups is 1. The number of rotatable bonds is 7. The van der Waals surface area contributed by atoms with E-state index in [9.17, 15) is 31.1 Å².